The number of likely N-dealkylation sites (tertiary alicyclic amines) is 1. The van der Waals surface area contributed by atoms with Crippen LogP contribution >= 0.6 is 0 Å². The summed E-state index contributed by atoms with van der Waals surface area (Å²) in [4.78, 5) is 2.53. The van der Waals surface area contributed by atoms with Crippen molar-refractivity contribution in [1.29, 1.82) is 0 Å². The van der Waals surface area contributed by atoms with Crippen molar-refractivity contribution in [3.05, 3.63) is 0 Å². The first-order valence-electron chi connectivity index (χ1n) is 6.72. The summed E-state index contributed by atoms with van der Waals surface area (Å²) in [6.07, 6.45) is 7.69. The SMILES string of the molecule is COC1(CC2CCCCN2C)CCNCC1. The first kappa shape index (κ1) is 12.3. The zero-order valence-electron chi connectivity index (χ0n) is 10.8. The molecule has 16 heavy (non-hydrogen) atoms. The molecule has 2 aliphatic rings. The predicted octanol–water partition coefficient (Wildman–Crippen LogP) is 1.63. The maximum absolute atomic E-state index is 5.86. The molecule has 0 amide bonds. The van der Waals surface area contributed by atoms with E-state index in [1.165, 1.54) is 45.1 Å². The van der Waals surface area contributed by atoms with Crippen molar-refractivity contribution < 1.29 is 4.74 Å². The molecule has 2 saturated heterocycles. The second-order valence-corrected chi connectivity index (χ2v) is 5.47. The molecular formula is C13H26N2O. The highest BCUT2D eigenvalue weighted by atomic mass is 16.5. The van der Waals surface area contributed by atoms with Crippen LogP contribution in [0.2, 0.25) is 0 Å². The smallest absolute Gasteiger partial charge is 0.0717 e. The van der Waals surface area contributed by atoms with Gasteiger partial charge in [0, 0.05) is 13.2 Å². The molecule has 0 aromatic carbocycles. The van der Waals surface area contributed by atoms with Crippen LogP contribution in [0.5, 0.6) is 0 Å². The summed E-state index contributed by atoms with van der Waals surface area (Å²) in [5, 5.41) is 3.43. The van der Waals surface area contributed by atoms with Crippen LogP contribution in [0.4, 0.5) is 0 Å². The molecule has 0 aliphatic carbocycles. The van der Waals surface area contributed by atoms with E-state index in [1.807, 2.05) is 7.11 Å². The minimum atomic E-state index is 0.154. The van der Waals surface area contributed by atoms with Crippen molar-refractivity contribution in [3.8, 4) is 0 Å². The standard InChI is InChI=1S/C13H26N2O/c1-15-10-4-3-5-12(15)11-13(16-2)6-8-14-9-7-13/h12,14H,3-11H2,1-2H3. The lowest BCUT2D eigenvalue weighted by atomic mass is 9.83. The number of rotatable bonds is 3. The van der Waals surface area contributed by atoms with Crippen LogP contribution in [-0.2, 0) is 4.74 Å². The second-order valence-electron chi connectivity index (χ2n) is 5.47. The summed E-state index contributed by atoms with van der Waals surface area (Å²) in [6.45, 7) is 3.50. The highest BCUT2D eigenvalue weighted by Gasteiger charge is 2.36. The number of nitrogens with one attached hydrogen (secondary N) is 1. The van der Waals surface area contributed by atoms with E-state index >= 15 is 0 Å². The molecule has 2 rings (SSSR count). The summed E-state index contributed by atoms with van der Waals surface area (Å²) in [5.41, 5.74) is 0.154. The van der Waals surface area contributed by atoms with Crippen LogP contribution in [0.15, 0.2) is 0 Å². The Hall–Kier alpha value is -0.120. The van der Waals surface area contributed by atoms with Crippen LogP contribution in [-0.4, -0.2) is 50.3 Å². The summed E-state index contributed by atoms with van der Waals surface area (Å²) in [7, 11) is 4.17. The molecule has 0 aromatic rings. The monoisotopic (exact) mass is 226 g/mol. The fraction of sp³-hybridized carbons (Fsp3) is 1.00. The van der Waals surface area contributed by atoms with Crippen molar-refractivity contribution in [1.82, 2.24) is 10.2 Å². The Morgan fingerprint density at radius 3 is 2.69 bits per heavy atom. The molecule has 0 radical (unpaired) electrons. The topological polar surface area (TPSA) is 24.5 Å². The number of ether oxygens (including phenoxy) is 1. The van der Waals surface area contributed by atoms with Gasteiger partial charge >= 0.3 is 0 Å². The fourth-order valence-corrected chi connectivity index (χ4v) is 3.21. The van der Waals surface area contributed by atoms with E-state index in [-0.39, 0.29) is 5.60 Å². The van der Waals surface area contributed by atoms with Crippen molar-refractivity contribution in [2.75, 3.05) is 33.8 Å². The first-order chi connectivity index (χ1) is 7.76. The van der Waals surface area contributed by atoms with Gasteiger partial charge in [0.05, 0.1) is 5.60 Å². The van der Waals surface area contributed by atoms with Gasteiger partial charge in [0.25, 0.3) is 0 Å². The Balaban J connectivity index is 1.93. The molecular weight excluding hydrogens is 200 g/mol. The molecule has 2 heterocycles. The van der Waals surface area contributed by atoms with Crippen LogP contribution < -0.4 is 5.32 Å². The molecule has 1 atom stereocenters. The van der Waals surface area contributed by atoms with Gasteiger partial charge in [-0.3, -0.25) is 0 Å². The fourth-order valence-electron chi connectivity index (χ4n) is 3.21. The van der Waals surface area contributed by atoms with Crippen molar-refractivity contribution in [3.63, 3.8) is 0 Å². The van der Waals surface area contributed by atoms with E-state index in [9.17, 15) is 0 Å². The molecule has 1 unspecified atom stereocenters. The van der Waals surface area contributed by atoms with Gasteiger partial charge in [0.2, 0.25) is 0 Å². The molecule has 94 valence electrons. The maximum Gasteiger partial charge on any atom is 0.0717 e. The zero-order valence-corrected chi connectivity index (χ0v) is 10.8. The molecule has 1 N–H and O–H groups in total. The molecule has 0 bridgehead atoms. The van der Waals surface area contributed by atoms with E-state index in [4.69, 9.17) is 4.74 Å². The van der Waals surface area contributed by atoms with E-state index in [1.54, 1.807) is 0 Å². The summed E-state index contributed by atoms with van der Waals surface area (Å²) in [5.74, 6) is 0. The molecule has 3 heteroatoms. The van der Waals surface area contributed by atoms with Gasteiger partial charge in [0.1, 0.15) is 0 Å². The van der Waals surface area contributed by atoms with E-state index in [0.29, 0.717) is 0 Å². The van der Waals surface area contributed by atoms with E-state index in [0.717, 1.165) is 19.1 Å². The summed E-state index contributed by atoms with van der Waals surface area (Å²) >= 11 is 0. The molecule has 3 nitrogen and oxygen atoms in total. The molecule has 0 saturated carbocycles. The van der Waals surface area contributed by atoms with Gasteiger partial charge in [-0.15, -0.1) is 0 Å². The van der Waals surface area contributed by atoms with Crippen LogP contribution in [0, 0.1) is 0 Å². The highest BCUT2D eigenvalue weighted by Crippen LogP contribution is 2.32. The normalized spacial score (nSPS) is 31.5. The third-order valence-electron chi connectivity index (χ3n) is 4.48. The van der Waals surface area contributed by atoms with Crippen LogP contribution in [0.1, 0.15) is 38.5 Å². The Bertz CT molecular complexity index is 214. The summed E-state index contributed by atoms with van der Waals surface area (Å²) < 4.78 is 5.86. The number of methoxy groups -OCH3 is 1. The van der Waals surface area contributed by atoms with Crippen molar-refractivity contribution >= 4 is 0 Å². The Kier molecular flexibility index (Phi) is 4.22. The minimum Gasteiger partial charge on any atom is -0.378 e. The maximum atomic E-state index is 5.86. The van der Waals surface area contributed by atoms with Crippen molar-refractivity contribution in [2.24, 2.45) is 0 Å². The largest absolute Gasteiger partial charge is 0.378 e. The highest BCUT2D eigenvalue weighted by molar-refractivity contribution is 4.91. The Labute approximate surface area is 99.5 Å². The zero-order chi connectivity index (χ0) is 11.4. The first-order valence-corrected chi connectivity index (χ1v) is 6.72. The van der Waals surface area contributed by atoms with E-state index in [2.05, 4.69) is 17.3 Å². The van der Waals surface area contributed by atoms with Gasteiger partial charge in [-0.2, -0.15) is 0 Å². The third kappa shape index (κ3) is 2.76. The lowest BCUT2D eigenvalue weighted by Gasteiger charge is -2.42. The minimum absolute atomic E-state index is 0.154. The Morgan fingerprint density at radius 1 is 1.31 bits per heavy atom. The predicted molar refractivity (Wildman–Crippen MR) is 66.7 cm³/mol. The van der Waals surface area contributed by atoms with Crippen LogP contribution in [0.3, 0.4) is 0 Å². The number of piperidine rings is 2. The van der Waals surface area contributed by atoms with Gasteiger partial charge in [-0.25, -0.2) is 0 Å². The number of nitrogens with zero attached hydrogens (tertiary/aromatic N) is 1. The summed E-state index contributed by atoms with van der Waals surface area (Å²) in [6, 6.07) is 0.742. The lowest BCUT2D eigenvalue weighted by Crippen LogP contribution is -2.49. The van der Waals surface area contributed by atoms with Crippen molar-refractivity contribution in [2.45, 2.75) is 50.2 Å². The quantitative estimate of drug-likeness (QED) is 0.791. The average molecular weight is 226 g/mol. The second kappa shape index (κ2) is 5.48. The molecule has 0 aromatic heterocycles. The number of hydrogen-bond acceptors (Lipinski definition) is 3. The molecule has 0 spiro atoms. The average Bonchev–Trinajstić information content (AvgIpc) is 2.33. The van der Waals surface area contributed by atoms with E-state index < -0.39 is 0 Å². The number of hydrogen-bond donors (Lipinski definition) is 1. The molecule has 2 fully saturated rings. The third-order valence-corrected chi connectivity index (χ3v) is 4.48. The Morgan fingerprint density at radius 2 is 2.06 bits per heavy atom. The molecule has 2 aliphatic heterocycles. The van der Waals surface area contributed by atoms with Gasteiger partial charge in [0.15, 0.2) is 0 Å². The van der Waals surface area contributed by atoms with Gasteiger partial charge in [-0.1, -0.05) is 6.42 Å². The lowest BCUT2D eigenvalue weighted by molar-refractivity contribution is -0.0597. The van der Waals surface area contributed by atoms with Crippen LogP contribution in [0.25, 0.3) is 0 Å². The van der Waals surface area contributed by atoms with Gasteiger partial charge in [-0.05, 0) is 58.8 Å². The van der Waals surface area contributed by atoms with Gasteiger partial charge < -0.3 is 15.0 Å².